The van der Waals surface area contributed by atoms with Gasteiger partial charge in [-0.05, 0) is 259 Å². The maximum Gasteiger partial charge on any atom is 0.161 e. The first-order valence-corrected chi connectivity index (χ1v) is 47.8. The van der Waals surface area contributed by atoms with E-state index in [1.807, 2.05) is 18.2 Å². The molecule has 9 heteroatoms. The summed E-state index contributed by atoms with van der Waals surface area (Å²) >= 11 is 0. The van der Waals surface area contributed by atoms with E-state index in [2.05, 4.69) is 487 Å². The van der Waals surface area contributed by atoms with Crippen molar-refractivity contribution in [2.24, 2.45) is 0 Å². The van der Waals surface area contributed by atoms with Gasteiger partial charge in [-0.1, -0.05) is 322 Å². The smallest absolute Gasteiger partial charge is 0.161 e. The van der Waals surface area contributed by atoms with Crippen molar-refractivity contribution >= 4 is 165 Å². The summed E-state index contributed by atoms with van der Waals surface area (Å²) in [6.45, 7) is 0. The quantitative estimate of drug-likeness (QED) is 0.121. The molecule has 660 valence electrons. The van der Waals surface area contributed by atoms with Crippen molar-refractivity contribution in [2.75, 3.05) is 0 Å². The molecule has 0 saturated heterocycles. The van der Waals surface area contributed by atoms with Crippen LogP contribution in [0.5, 0.6) is 0 Å². The molecule has 0 fully saturated rings. The molecular weight excluding hydrogens is 1720 g/mol. The van der Waals surface area contributed by atoms with Crippen LogP contribution in [0, 0.1) is 0 Å². The highest BCUT2D eigenvalue weighted by atomic mass is 16.4. The highest BCUT2D eigenvalue weighted by molar-refractivity contribution is 6.22. The maximum atomic E-state index is 6.65. The molecule has 21 aromatic carbocycles. The lowest BCUT2D eigenvalue weighted by Crippen LogP contribution is -1.92. The van der Waals surface area contributed by atoms with Gasteiger partial charge in [-0.15, -0.1) is 0 Å². The Labute approximate surface area is 807 Å². The number of hydrogen-bond acceptors (Lipinski definition) is 6. The number of fused-ring (bicyclic) bond motifs is 24. The molecule has 30 aromatic rings. The van der Waals surface area contributed by atoms with Gasteiger partial charge in [0.15, 0.2) is 16.7 Å². The number of benzene rings is 21. The van der Waals surface area contributed by atoms with E-state index in [-0.39, 0.29) is 0 Å². The molecule has 0 aliphatic rings. The van der Waals surface area contributed by atoms with E-state index in [4.69, 9.17) is 26.5 Å². The lowest BCUT2D eigenvalue weighted by atomic mass is 9.95. The molecule has 30 rings (SSSR count). The van der Waals surface area contributed by atoms with Gasteiger partial charge in [0.05, 0.1) is 16.6 Å². The van der Waals surface area contributed by atoms with Gasteiger partial charge < -0.3 is 40.2 Å². The first-order valence-electron chi connectivity index (χ1n) is 47.8. The first-order chi connectivity index (χ1) is 69.9. The Morgan fingerprint density at radius 1 is 0.128 bits per heavy atom. The molecule has 0 N–H and O–H groups in total. The van der Waals surface area contributed by atoms with Crippen LogP contribution in [-0.2, 0) is 0 Å². The third-order valence-electron chi connectivity index (χ3n) is 28.2. The summed E-state index contributed by atoms with van der Waals surface area (Å²) in [4.78, 5) is 0. The largest absolute Gasteiger partial charge is 0.456 e. The van der Waals surface area contributed by atoms with Gasteiger partial charge in [-0.3, -0.25) is 0 Å². The van der Waals surface area contributed by atoms with Gasteiger partial charge >= 0.3 is 0 Å². The van der Waals surface area contributed by atoms with E-state index >= 15 is 0 Å². The van der Waals surface area contributed by atoms with Crippen LogP contribution in [0.15, 0.2) is 518 Å². The molecule has 0 bridgehead atoms. The maximum absolute atomic E-state index is 6.65. The predicted octanol–water partition coefficient (Wildman–Crippen LogP) is 37.3. The van der Waals surface area contributed by atoms with Gasteiger partial charge in [-0.2, -0.15) is 0 Å². The lowest BCUT2D eigenvalue weighted by Gasteiger charge is -2.09. The van der Waals surface area contributed by atoms with E-state index in [9.17, 15) is 0 Å². The zero-order valence-corrected chi connectivity index (χ0v) is 76.1. The minimum atomic E-state index is 0.877. The number of furan rings is 6. The summed E-state index contributed by atoms with van der Waals surface area (Å²) in [5, 5.41) is 13.4. The SMILES string of the molecule is c1ccc(-c2ccc3c(c2)oc2cc(-c4cccc(-c5ccc6c(c5)oc5c7ccccc7n(-c7ccccc7)c65)c4)ccc23)cc1.c1ccc(-c2ccc3oc4c(-c5cccc(-c6ccc7c(c6)oc6c8ccccc8n(-c8ccccc8)c76)c5)cccc4c3c2)cc1.c1ccc(-c2cccc3c2oc2cccc(-c4cccc(-c5ccc6c(c5)oc5c7ccccc7n(-c7ccccc7)c65)c4)c23)cc1. The summed E-state index contributed by atoms with van der Waals surface area (Å²) in [5.41, 5.74) is 41.3. The molecule has 0 unspecified atom stereocenters. The van der Waals surface area contributed by atoms with E-state index in [0.29, 0.717) is 0 Å². The zero-order chi connectivity index (χ0) is 92.7. The van der Waals surface area contributed by atoms with E-state index in [1.165, 1.54) is 16.7 Å². The summed E-state index contributed by atoms with van der Waals surface area (Å²) in [6.07, 6.45) is 0. The first kappa shape index (κ1) is 80.5. The summed E-state index contributed by atoms with van der Waals surface area (Å²) < 4.78 is 46.3. The van der Waals surface area contributed by atoms with Gasteiger partial charge in [0.2, 0.25) is 0 Å². The second-order valence-electron chi connectivity index (χ2n) is 36.4. The molecule has 0 saturated carbocycles. The average molecular weight is 1810 g/mol. The Balaban J connectivity index is 0.000000104. The van der Waals surface area contributed by atoms with E-state index in [1.54, 1.807) is 0 Å². The number of para-hydroxylation sites is 8. The van der Waals surface area contributed by atoms with Crippen molar-refractivity contribution in [3.63, 3.8) is 0 Å². The van der Waals surface area contributed by atoms with Crippen LogP contribution in [0.25, 0.3) is 282 Å². The van der Waals surface area contributed by atoms with Crippen LogP contribution in [0.2, 0.25) is 0 Å². The molecule has 0 radical (unpaired) electrons. The number of nitrogens with zero attached hydrogens (tertiary/aromatic N) is 3. The van der Waals surface area contributed by atoms with Crippen molar-refractivity contribution in [1.82, 2.24) is 13.7 Å². The van der Waals surface area contributed by atoms with Crippen molar-refractivity contribution in [3.05, 3.63) is 491 Å². The minimum absolute atomic E-state index is 0.877. The highest BCUT2D eigenvalue weighted by Gasteiger charge is 2.27. The molecule has 0 amide bonds. The lowest BCUT2D eigenvalue weighted by molar-refractivity contribution is 0.669. The van der Waals surface area contributed by atoms with Crippen molar-refractivity contribution in [1.29, 1.82) is 0 Å². The molecule has 9 aromatic heterocycles. The second-order valence-corrected chi connectivity index (χ2v) is 36.4. The summed E-state index contributed by atoms with van der Waals surface area (Å²) in [7, 11) is 0. The fraction of sp³-hybridized carbons (Fsp3) is 0. The standard InChI is InChI=1S/3C44H27NO2/c1-3-12-28(13-4-1)34-20-10-21-37-41-33(19-11-23-39(41)46-43(34)37)31-15-9-14-29(26-31)30-24-25-36-40(27-30)47-44-35-18-7-8-22-38(35)45(42(36)44)32-16-5-2-6-17-32;1-3-11-28(12-4-1)30-22-24-40-38(26-30)35-19-10-18-34(43(35)46-40)32-14-9-13-29(25-32)31-21-23-37-41(27-31)47-44-36-17-7-8-20-39(36)45(42(37)44)33-15-5-2-6-16-33;1-3-10-28(11-4-1)31-18-21-35-36-22-19-32(26-41(36)46-40(35)25-31)29-12-9-13-30(24-29)33-20-23-38-42(27-33)47-44-37-16-7-8-17-39(37)45(43(38)44)34-14-5-2-6-15-34/h3*1-27H. The predicted molar refractivity (Wildman–Crippen MR) is 582 cm³/mol. The molecule has 0 aliphatic heterocycles. The Bertz CT molecular complexity index is 10200. The van der Waals surface area contributed by atoms with Gasteiger partial charge in [0, 0.05) is 92.8 Å². The van der Waals surface area contributed by atoms with Crippen LogP contribution in [-0.4, -0.2) is 13.7 Å². The molecule has 0 aliphatic carbocycles. The average Bonchev–Trinajstić information content (AvgIpc) is 1.57. The van der Waals surface area contributed by atoms with Gasteiger partial charge in [-0.25, -0.2) is 0 Å². The number of hydrogen-bond donors (Lipinski definition) is 0. The molecule has 9 heterocycles. The third-order valence-corrected chi connectivity index (χ3v) is 28.2. The second kappa shape index (κ2) is 33.0. The monoisotopic (exact) mass is 1800 g/mol. The van der Waals surface area contributed by atoms with Gasteiger partial charge in [0.25, 0.3) is 0 Å². The highest BCUT2D eigenvalue weighted by Crippen LogP contribution is 2.49. The normalized spacial score (nSPS) is 11.8. The Kier molecular flexibility index (Phi) is 18.8. The zero-order valence-electron chi connectivity index (χ0n) is 76.1. The van der Waals surface area contributed by atoms with Crippen LogP contribution >= 0.6 is 0 Å². The molecular formula is C132H81N3O6. The third kappa shape index (κ3) is 13.5. The molecule has 0 spiro atoms. The molecule has 141 heavy (non-hydrogen) atoms. The Hall–Kier alpha value is -19.0. The van der Waals surface area contributed by atoms with Gasteiger partial charge in [0.1, 0.15) is 66.8 Å². The van der Waals surface area contributed by atoms with E-state index < -0.39 is 0 Å². The Morgan fingerprint density at radius 2 is 0.404 bits per heavy atom. The number of rotatable bonds is 12. The molecule has 0 atom stereocenters. The fourth-order valence-corrected chi connectivity index (χ4v) is 21.6. The van der Waals surface area contributed by atoms with Crippen LogP contribution in [0.1, 0.15) is 0 Å². The Morgan fingerprint density at radius 3 is 0.844 bits per heavy atom. The summed E-state index contributed by atoms with van der Waals surface area (Å²) in [6, 6.07) is 173. The summed E-state index contributed by atoms with van der Waals surface area (Å²) in [5.74, 6) is 0. The van der Waals surface area contributed by atoms with Crippen LogP contribution < -0.4 is 0 Å². The topological polar surface area (TPSA) is 93.6 Å². The van der Waals surface area contributed by atoms with E-state index in [0.717, 1.165) is 265 Å². The molecule has 9 nitrogen and oxygen atoms in total. The minimum Gasteiger partial charge on any atom is -0.456 e. The van der Waals surface area contributed by atoms with Crippen molar-refractivity contribution < 1.29 is 26.5 Å². The van der Waals surface area contributed by atoms with Crippen LogP contribution in [0.3, 0.4) is 0 Å². The van der Waals surface area contributed by atoms with Crippen LogP contribution in [0.4, 0.5) is 0 Å². The van der Waals surface area contributed by atoms with Crippen molar-refractivity contribution in [2.45, 2.75) is 0 Å². The fourth-order valence-electron chi connectivity index (χ4n) is 21.6. The van der Waals surface area contributed by atoms with Crippen molar-refractivity contribution in [3.8, 4) is 117 Å². The number of aromatic nitrogens is 3.